The van der Waals surface area contributed by atoms with E-state index in [0.29, 0.717) is 6.04 Å². The molecule has 0 aromatic carbocycles. The van der Waals surface area contributed by atoms with Crippen LogP contribution in [0.15, 0.2) is 0 Å². The van der Waals surface area contributed by atoms with Gasteiger partial charge in [0.05, 0.1) is 6.61 Å². The van der Waals surface area contributed by atoms with Gasteiger partial charge in [-0.3, -0.25) is 0 Å². The van der Waals surface area contributed by atoms with Gasteiger partial charge in [0.2, 0.25) is 0 Å². The molecule has 3 heteroatoms. The molecule has 0 radical (unpaired) electrons. The molecule has 0 aromatic heterocycles. The fraction of sp³-hybridized carbons (Fsp3) is 1.00. The van der Waals surface area contributed by atoms with Crippen molar-refractivity contribution in [2.24, 2.45) is 11.7 Å². The van der Waals surface area contributed by atoms with E-state index >= 15 is 0 Å². The van der Waals surface area contributed by atoms with E-state index in [1.54, 1.807) is 7.11 Å². The molecular weight excluding hydrogens is 164 g/mol. The molecular formula is C10H22N2O. The van der Waals surface area contributed by atoms with Crippen LogP contribution in [0.25, 0.3) is 0 Å². The van der Waals surface area contributed by atoms with Gasteiger partial charge in [-0.05, 0) is 44.7 Å². The van der Waals surface area contributed by atoms with Gasteiger partial charge in [0, 0.05) is 13.2 Å². The summed E-state index contributed by atoms with van der Waals surface area (Å²) in [5.41, 5.74) is 5.47. The van der Waals surface area contributed by atoms with Crippen molar-refractivity contribution in [3.05, 3.63) is 0 Å². The molecule has 1 atom stereocenters. The number of nitrogens with one attached hydrogen (secondary N) is 1. The van der Waals surface area contributed by atoms with E-state index in [1.165, 1.54) is 19.4 Å². The molecule has 78 valence electrons. The summed E-state index contributed by atoms with van der Waals surface area (Å²) < 4.78 is 5.15. The van der Waals surface area contributed by atoms with Gasteiger partial charge in [0.1, 0.15) is 0 Å². The summed E-state index contributed by atoms with van der Waals surface area (Å²) in [6, 6.07) is 0.508. The van der Waals surface area contributed by atoms with Crippen LogP contribution in [-0.4, -0.2) is 32.8 Å². The van der Waals surface area contributed by atoms with Gasteiger partial charge >= 0.3 is 0 Å². The third kappa shape index (κ3) is 5.24. The molecule has 1 unspecified atom stereocenters. The van der Waals surface area contributed by atoms with Gasteiger partial charge in [-0.1, -0.05) is 0 Å². The lowest BCUT2D eigenvalue weighted by Gasteiger charge is -2.17. The fourth-order valence-corrected chi connectivity index (χ4v) is 1.47. The number of hydrogen-bond donors (Lipinski definition) is 2. The van der Waals surface area contributed by atoms with Crippen molar-refractivity contribution in [1.29, 1.82) is 0 Å². The van der Waals surface area contributed by atoms with Crippen LogP contribution in [0.3, 0.4) is 0 Å². The van der Waals surface area contributed by atoms with Crippen LogP contribution in [0, 0.1) is 5.92 Å². The average Bonchev–Trinajstić information content (AvgIpc) is 2.93. The Kier molecular flexibility index (Phi) is 5.35. The minimum Gasteiger partial charge on any atom is -0.383 e. The number of rotatable bonds is 8. The highest BCUT2D eigenvalue weighted by Gasteiger charge is 2.21. The number of methoxy groups -OCH3 is 1. The molecule has 0 bridgehead atoms. The first-order chi connectivity index (χ1) is 6.36. The maximum atomic E-state index is 5.47. The van der Waals surface area contributed by atoms with Crippen molar-refractivity contribution in [3.8, 4) is 0 Å². The predicted octanol–water partition coefficient (Wildman–Crippen LogP) is 0.740. The third-order valence-corrected chi connectivity index (χ3v) is 2.52. The Morgan fingerprint density at radius 1 is 1.54 bits per heavy atom. The number of hydrogen-bond acceptors (Lipinski definition) is 3. The average molecular weight is 186 g/mol. The first kappa shape index (κ1) is 11.0. The minimum atomic E-state index is 0.508. The Balaban J connectivity index is 2.03. The molecule has 13 heavy (non-hydrogen) atoms. The zero-order valence-corrected chi connectivity index (χ0v) is 8.59. The summed E-state index contributed by atoms with van der Waals surface area (Å²) in [4.78, 5) is 0. The molecule has 3 N–H and O–H groups in total. The Morgan fingerprint density at radius 3 is 2.85 bits per heavy atom. The molecule has 1 aliphatic rings. The van der Waals surface area contributed by atoms with Crippen LogP contribution in [0.2, 0.25) is 0 Å². The summed E-state index contributed by atoms with van der Waals surface area (Å²) in [5.74, 6) is 0.942. The maximum absolute atomic E-state index is 5.47. The zero-order chi connectivity index (χ0) is 9.52. The normalized spacial score (nSPS) is 18.9. The Labute approximate surface area is 81.0 Å². The van der Waals surface area contributed by atoms with Gasteiger partial charge in [0.25, 0.3) is 0 Å². The summed E-state index contributed by atoms with van der Waals surface area (Å²) in [5, 5.41) is 3.54. The van der Waals surface area contributed by atoms with Crippen molar-refractivity contribution >= 4 is 0 Å². The first-order valence-electron chi connectivity index (χ1n) is 5.29. The van der Waals surface area contributed by atoms with Gasteiger partial charge in [-0.15, -0.1) is 0 Å². The lowest BCUT2D eigenvalue weighted by atomic mass is 10.1. The fourth-order valence-electron chi connectivity index (χ4n) is 1.47. The van der Waals surface area contributed by atoms with E-state index < -0.39 is 0 Å². The minimum absolute atomic E-state index is 0.508. The first-order valence-corrected chi connectivity index (χ1v) is 5.29. The quantitative estimate of drug-likeness (QED) is 0.588. The van der Waals surface area contributed by atoms with Gasteiger partial charge in [0.15, 0.2) is 0 Å². The van der Waals surface area contributed by atoms with Gasteiger partial charge < -0.3 is 15.8 Å². The van der Waals surface area contributed by atoms with Crippen LogP contribution < -0.4 is 11.1 Å². The Hall–Kier alpha value is -0.120. The molecule has 1 fully saturated rings. The van der Waals surface area contributed by atoms with E-state index in [9.17, 15) is 0 Å². The smallest absolute Gasteiger partial charge is 0.0615 e. The molecule has 0 amide bonds. The van der Waals surface area contributed by atoms with E-state index in [4.69, 9.17) is 10.5 Å². The molecule has 0 heterocycles. The van der Waals surface area contributed by atoms with Gasteiger partial charge in [-0.2, -0.15) is 0 Å². The van der Waals surface area contributed by atoms with Crippen molar-refractivity contribution in [2.45, 2.75) is 31.7 Å². The van der Waals surface area contributed by atoms with Crippen molar-refractivity contribution in [3.63, 3.8) is 0 Å². The highest BCUT2D eigenvalue weighted by molar-refractivity contribution is 4.78. The standard InChI is InChI=1S/C10H22N2O/c1-13-8-10(3-2-6-11)12-7-9-4-5-9/h9-10,12H,2-8,11H2,1H3. The molecule has 1 rings (SSSR count). The highest BCUT2D eigenvalue weighted by atomic mass is 16.5. The SMILES string of the molecule is COCC(CCCN)NCC1CC1. The van der Waals surface area contributed by atoms with E-state index in [-0.39, 0.29) is 0 Å². The summed E-state index contributed by atoms with van der Waals surface area (Å²) in [7, 11) is 1.76. The second-order valence-electron chi connectivity index (χ2n) is 3.93. The van der Waals surface area contributed by atoms with E-state index in [2.05, 4.69) is 5.32 Å². The third-order valence-electron chi connectivity index (χ3n) is 2.52. The summed E-state index contributed by atoms with van der Waals surface area (Å²) >= 11 is 0. The van der Waals surface area contributed by atoms with Crippen LogP contribution in [0.5, 0.6) is 0 Å². The van der Waals surface area contributed by atoms with E-state index in [0.717, 1.165) is 31.9 Å². The molecule has 3 nitrogen and oxygen atoms in total. The molecule has 0 aromatic rings. The highest BCUT2D eigenvalue weighted by Crippen LogP contribution is 2.27. The second kappa shape index (κ2) is 6.35. The topological polar surface area (TPSA) is 47.3 Å². The monoisotopic (exact) mass is 186 g/mol. The molecule has 1 aliphatic carbocycles. The molecule has 0 spiro atoms. The Morgan fingerprint density at radius 2 is 2.31 bits per heavy atom. The van der Waals surface area contributed by atoms with Crippen LogP contribution in [-0.2, 0) is 4.74 Å². The van der Waals surface area contributed by atoms with Crippen molar-refractivity contribution in [2.75, 3.05) is 26.8 Å². The van der Waals surface area contributed by atoms with Crippen molar-refractivity contribution < 1.29 is 4.74 Å². The Bertz CT molecular complexity index is 126. The number of nitrogens with two attached hydrogens (primary N) is 1. The molecule has 0 saturated heterocycles. The van der Waals surface area contributed by atoms with E-state index in [1.807, 2.05) is 0 Å². The van der Waals surface area contributed by atoms with Crippen molar-refractivity contribution in [1.82, 2.24) is 5.32 Å². The van der Waals surface area contributed by atoms with Crippen LogP contribution >= 0.6 is 0 Å². The predicted molar refractivity (Wildman–Crippen MR) is 54.7 cm³/mol. The summed E-state index contributed by atoms with van der Waals surface area (Å²) in [6.45, 7) is 2.76. The van der Waals surface area contributed by atoms with Crippen LogP contribution in [0.1, 0.15) is 25.7 Å². The zero-order valence-electron chi connectivity index (χ0n) is 8.59. The lowest BCUT2D eigenvalue weighted by Crippen LogP contribution is -2.35. The number of ether oxygens (including phenoxy) is 1. The van der Waals surface area contributed by atoms with Crippen LogP contribution in [0.4, 0.5) is 0 Å². The largest absolute Gasteiger partial charge is 0.383 e. The summed E-state index contributed by atoms with van der Waals surface area (Å²) in [6.07, 6.45) is 5.04. The lowest BCUT2D eigenvalue weighted by molar-refractivity contribution is 0.161. The molecule has 0 aliphatic heterocycles. The van der Waals surface area contributed by atoms with Gasteiger partial charge in [-0.25, -0.2) is 0 Å². The molecule has 1 saturated carbocycles. The second-order valence-corrected chi connectivity index (χ2v) is 3.93. The maximum Gasteiger partial charge on any atom is 0.0615 e.